The maximum absolute atomic E-state index is 13.4. The molecule has 26 heavy (non-hydrogen) atoms. The number of ether oxygens (including phenoxy) is 2. The number of hydrogen-bond acceptors (Lipinski definition) is 4. The van der Waals surface area contributed by atoms with Crippen molar-refractivity contribution in [3.63, 3.8) is 0 Å². The van der Waals surface area contributed by atoms with Crippen molar-refractivity contribution in [1.82, 2.24) is 4.98 Å². The van der Waals surface area contributed by atoms with E-state index < -0.39 is 11.7 Å². The summed E-state index contributed by atoms with van der Waals surface area (Å²) in [5.74, 6) is 0.576. The Bertz CT molecular complexity index is 927. The molecule has 0 aliphatic heterocycles. The van der Waals surface area contributed by atoms with Gasteiger partial charge in [-0.1, -0.05) is 6.07 Å². The number of pyridine rings is 1. The second-order valence-corrected chi connectivity index (χ2v) is 5.55. The molecule has 0 saturated carbocycles. The number of methoxy groups -OCH3 is 1. The third-order valence-corrected chi connectivity index (χ3v) is 3.74. The number of hydrogen-bond donors (Lipinski definition) is 1. The van der Waals surface area contributed by atoms with E-state index in [1.807, 2.05) is 0 Å². The topological polar surface area (TPSA) is 60.5 Å². The molecule has 132 valence electrons. The van der Waals surface area contributed by atoms with Crippen molar-refractivity contribution in [2.75, 3.05) is 12.4 Å². The summed E-state index contributed by atoms with van der Waals surface area (Å²) in [6.45, 7) is 1.74. The average molecular weight is 352 g/mol. The van der Waals surface area contributed by atoms with Crippen molar-refractivity contribution in [2.45, 2.75) is 6.92 Å². The molecule has 3 rings (SSSR count). The van der Waals surface area contributed by atoms with Crippen LogP contribution in [0.25, 0.3) is 0 Å². The first-order valence-electron chi connectivity index (χ1n) is 7.91. The third-order valence-electron chi connectivity index (χ3n) is 3.74. The molecule has 5 nitrogen and oxygen atoms in total. The van der Waals surface area contributed by atoms with Gasteiger partial charge in [-0.05, 0) is 61.0 Å². The minimum Gasteiger partial charge on any atom is -0.497 e. The summed E-state index contributed by atoms with van der Waals surface area (Å²) in [7, 11) is 1.58. The van der Waals surface area contributed by atoms with Crippen molar-refractivity contribution in [3.8, 4) is 17.4 Å². The lowest BCUT2D eigenvalue weighted by Crippen LogP contribution is -2.14. The highest BCUT2D eigenvalue weighted by molar-refractivity contribution is 6.05. The Labute approximate surface area is 150 Å². The lowest BCUT2D eigenvalue weighted by Gasteiger charge is -2.12. The minimum atomic E-state index is -0.471. The van der Waals surface area contributed by atoms with E-state index in [0.717, 1.165) is 0 Å². The van der Waals surface area contributed by atoms with E-state index >= 15 is 0 Å². The zero-order valence-corrected chi connectivity index (χ0v) is 14.3. The van der Waals surface area contributed by atoms with Gasteiger partial charge in [-0.15, -0.1) is 0 Å². The molecule has 6 heteroatoms. The second-order valence-electron chi connectivity index (χ2n) is 5.55. The predicted molar refractivity (Wildman–Crippen MR) is 96.4 cm³/mol. The van der Waals surface area contributed by atoms with E-state index in [9.17, 15) is 9.18 Å². The summed E-state index contributed by atoms with van der Waals surface area (Å²) in [6.07, 6.45) is 1.56. The van der Waals surface area contributed by atoms with Crippen LogP contribution in [0.5, 0.6) is 17.4 Å². The van der Waals surface area contributed by atoms with Crippen molar-refractivity contribution in [3.05, 3.63) is 77.7 Å². The summed E-state index contributed by atoms with van der Waals surface area (Å²) in [4.78, 5) is 16.7. The van der Waals surface area contributed by atoms with E-state index in [-0.39, 0.29) is 11.4 Å². The molecule has 0 spiro atoms. The molecule has 0 saturated heterocycles. The number of carbonyl (C=O) groups excluding carboxylic acids is 1. The molecule has 0 fully saturated rings. The Hall–Kier alpha value is -3.41. The average Bonchev–Trinajstić information content (AvgIpc) is 2.66. The van der Waals surface area contributed by atoms with Crippen LogP contribution in [0.15, 0.2) is 60.8 Å². The molecule has 1 aromatic heterocycles. The number of aromatic nitrogens is 1. The number of nitrogens with one attached hydrogen (secondary N) is 1. The van der Waals surface area contributed by atoms with Crippen LogP contribution < -0.4 is 14.8 Å². The number of halogens is 1. The van der Waals surface area contributed by atoms with Crippen LogP contribution in [-0.2, 0) is 0 Å². The van der Waals surface area contributed by atoms with Gasteiger partial charge in [0.05, 0.1) is 7.11 Å². The summed E-state index contributed by atoms with van der Waals surface area (Å²) < 4.78 is 24.3. The van der Waals surface area contributed by atoms with Gasteiger partial charge in [0.2, 0.25) is 5.88 Å². The molecule has 0 unspecified atom stereocenters. The Morgan fingerprint density at radius 3 is 2.54 bits per heavy atom. The Balaban J connectivity index is 1.82. The molecule has 0 atom stereocenters. The van der Waals surface area contributed by atoms with Crippen molar-refractivity contribution in [2.24, 2.45) is 0 Å². The van der Waals surface area contributed by atoms with Gasteiger partial charge in [0.15, 0.2) is 0 Å². The molecule has 0 radical (unpaired) electrons. The Kier molecular flexibility index (Phi) is 5.12. The fourth-order valence-corrected chi connectivity index (χ4v) is 2.35. The number of benzene rings is 2. The van der Waals surface area contributed by atoms with Crippen molar-refractivity contribution < 1.29 is 18.7 Å². The van der Waals surface area contributed by atoms with E-state index in [4.69, 9.17) is 9.47 Å². The number of rotatable bonds is 5. The van der Waals surface area contributed by atoms with E-state index in [2.05, 4.69) is 10.3 Å². The van der Waals surface area contributed by atoms with Gasteiger partial charge in [0.25, 0.3) is 5.91 Å². The fourth-order valence-electron chi connectivity index (χ4n) is 2.35. The molecule has 1 amide bonds. The van der Waals surface area contributed by atoms with Gasteiger partial charge >= 0.3 is 0 Å². The first-order chi connectivity index (χ1) is 12.6. The predicted octanol–water partition coefficient (Wildman–Crippen LogP) is 4.58. The fraction of sp³-hybridized carbons (Fsp3) is 0.100. The number of amides is 1. The molecule has 1 heterocycles. The third kappa shape index (κ3) is 3.97. The zero-order valence-electron chi connectivity index (χ0n) is 14.3. The maximum atomic E-state index is 13.4. The smallest absolute Gasteiger partial charge is 0.256 e. The van der Waals surface area contributed by atoms with Crippen LogP contribution in [-0.4, -0.2) is 18.0 Å². The Morgan fingerprint density at radius 2 is 1.81 bits per heavy atom. The maximum Gasteiger partial charge on any atom is 0.256 e. The van der Waals surface area contributed by atoms with Crippen LogP contribution >= 0.6 is 0 Å². The van der Waals surface area contributed by atoms with Crippen LogP contribution in [0.1, 0.15) is 15.9 Å². The van der Waals surface area contributed by atoms with Crippen molar-refractivity contribution >= 4 is 11.6 Å². The summed E-state index contributed by atoms with van der Waals surface area (Å²) >= 11 is 0. The highest BCUT2D eigenvalue weighted by Gasteiger charge is 2.14. The lowest BCUT2D eigenvalue weighted by atomic mass is 10.1. The SMILES string of the molecule is COc1ccc(Oc2ncccc2NC(=O)c2cc(F)ccc2C)cc1. The number of anilines is 1. The molecule has 0 bridgehead atoms. The van der Waals surface area contributed by atoms with E-state index in [1.54, 1.807) is 62.7 Å². The largest absolute Gasteiger partial charge is 0.497 e. The first kappa shape index (κ1) is 17.4. The van der Waals surface area contributed by atoms with Gasteiger partial charge in [-0.25, -0.2) is 9.37 Å². The molecule has 3 aromatic rings. The standard InChI is InChI=1S/C20H17FN2O3/c1-13-5-6-14(21)12-17(13)19(24)23-18-4-3-11-22-20(18)26-16-9-7-15(25-2)8-10-16/h3-12H,1-2H3,(H,23,24). The van der Waals surface area contributed by atoms with Crippen LogP contribution in [0.3, 0.4) is 0 Å². The molecule has 1 N–H and O–H groups in total. The zero-order chi connectivity index (χ0) is 18.5. The van der Waals surface area contributed by atoms with Gasteiger partial charge in [-0.2, -0.15) is 0 Å². The quantitative estimate of drug-likeness (QED) is 0.730. The lowest BCUT2D eigenvalue weighted by molar-refractivity contribution is 0.102. The molecular weight excluding hydrogens is 335 g/mol. The number of nitrogens with zero attached hydrogens (tertiary/aromatic N) is 1. The van der Waals surface area contributed by atoms with Gasteiger partial charge in [-0.3, -0.25) is 4.79 Å². The Morgan fingerprint density at radius 1 is 1.08 bits per heavy atom. The van der Waals surface area contributed by atoms with E-state index in [1.165, 1.54) is 12.1 Å². The number of aryl methyl sites for hydroxylation is 1. The van der Waals surface area contributed by atoms with Crippen molar-refractivity contribution in [1.29, 1.82) is 0 Å². The highest BCUT2D eigenvalue weighted by Crippen LogP contribution is 2.28. The van der Waals surface area contributed by atoms with Gasteiger partial charge < -0.3 is 14.8 Å². The molecule has 2 aromatic carbocycles. The van der Waals surface area contributed by atoms with Gasteiger partial charge in [0.1, 0.15) is 23.0 Å². The molecule has 0 aliphatic rings. The highest BCUT2D eigenvalue weighted by atomic mass is 19.1. The van der Waals surface area contributed by atoms with Gasteiger partial charge in [0, 0.05) is 11.8 Å². The summed E-state index contributed by atoms with van der Waals surface area (Å²) in [5, 5.41) is 2.72. The minimum absolute atomic E-state index is 0.236. The van der Waals surface area contributed by atoms with Crippen LogP contribution in [0, 0.1) is 12.7 Å². The van der Waals surface area contributed by atoms with Crippen LogP contribution in [0.2, 0.25) is 0 Å². The monoisotopic (exact) mass is 352 g/mol. The summed E-state index contributed by atoms with van der Waals surface area (Å²) in [6, 6.07) is 14.4. The normalized spacial score (nSPS) is 10.3. The first-order valence-corrected chi connectivity index (χ1v) is 7.91. The summed E-state index contributed by atoms with van der Waals surface area (Å²) in [5.41, 5.74) is 1.31. The number of carbonyl (C=O) groups is 1. The molecular formula is C20H17FN2O3. The molecule has 0 aliphatic carbocycles. The van der Waals surface area contributed by atoms with E-state index in [0.29, 0.717) is 22.7 Å². The van der Waals surface area contributed by atoms with Crippen LogP contribution in [0.4, 0.5) is 10.1 Å². The second kappa shape index (κ2) is 7.65.